The highest BCUT2D eigenvalue weighted by atomic mass is 32.2. The average Bonchev–Trinajstić information content (AvgIpc) is 2.29. The van der Waals surface area contributed by atoms with Gasteiger partial charge >= 0.3 is 0 Å². The van der Waals surface area contributed by atoms with E-state index in [1.165, 1.54) is 12.1 Å². The second kappa shape index (κ2) is 6.77. The third-order valence-corrected chi connectivity index (χ3v) is 3.73. The van der Waals surface area contributed by atoms with Crippen molar-refractivity contribution in [1.29, 1.82) is 0 Å². The Labute approximate surface area is 107 Å². The topological polar surface area (TPSA) is 52.5 Å². The number of hydrogen-bond acceptors (Lipinski definition) is 4. The molecule has 0 amide bonds. The van der Waals surface area contributed by atoms with Crippen molar-refractivity contribution >= 4 is 11.8 Å². The van der Waals surface area contributed by atoms with E-state index in [0.29, 0.717) is 6.04 Å². The summed E-state index contributed by atoms with van der Waals surface area (Å²) in [5.74, 6) is 2.55. The molecule has 0 aliphatic rings. The van der Waals surface area contributed by atoms with Gasteiger partial charge in [-0.3, -0.25) is 0 Å². The molecule has 0 spiro atoms. The predicted molar refractivity (Wildman–Crippen MR) is 73.8 cm³/mol. The summed E-state index contributed by atoms with van der Waals surface area (Å²) in [6, 6.07) is 5.01. The highest BCUT2D eigenvalue weighted by molar-refractivity contribution is 7.99. The fourth-order valence-corrected chi connectivity index (χ4v) is 2.43. The van der Waals surface area contributed by atoms with Crippen LogP contribution in [0, 0.1) is 0 Å². The van der Waals surface area contributed by atoms with Gasteiger partial charge in [-0.25, -0.2) is 0 Å². The largest absolute Gasteiger partial charge is 0.508 e. The van der Waals surface area contributed by atoms with Crippen molar-refractivity contribution in [3.63, 3.8) is 0 Å². The normalized spacial score (nSPS) is 14.5. The van der Waals surface area contributed by atoms with Crippen molar-refractivity contribution in [2.24, 2.45) is 0 Å². The first-order valence-corrected chi connectivity index (χ1v) is 7.05. The van der Waals surface area contributed by atoms with E-state index in [-0.39, 0.29) is 17.5 Å². The minimum Gasteiger partial charge on any atom is -0.508 e. The van der Waals surface area contributed by atoms with Crippen LogP contribution in [0.15, 0.2) is 18.2 Å². The molecule has 0 saturated heterocycles. The van der Waals surface area contributed by atoms with Crippen molar-refractivity contribution in [1.82, 2.24) is 5.32 Å². The van der Waals surface area contributed by atoms with E-state index in [4.69, 9.17) is 0 Å². The summed E-state index contributed by atoms with van der Waals surface area (Å²) in [5, 5.41) is 22.6. The van der Waals surface area contributed by atoms with Gasteiger partial charge < -0.3 is 15.5 Å². The molecule has 0 radical (unpaired) electrons. The number of hydrogen-bond donors (Lipinski definition) is 3. The molecule has 3 nitrogen and oxygen atoms in total. The molecule has 0 saturated carbocycles. The summed E-state index contributed by atoms with van der Waals surface area (Å²) in [6.45, 7) is 6.25. The molecule has 0 heterocycles. The first kappa shape index (κ1) is 14.2. The molecule has 2 atom stereocenters. The van der Waals surface area contributed by atoms with Gasteiger partial charge in [0.2, 0.25) is 0 Å². The quantitative estimate of drug-likeness (QED) is 0.684. The second-order valence-corrected chi connectivity index (χ2v) is 5.51. The minimum atomic E-state index is 0.0227. The lowest BCUT2D eigenvalue weighted by Crippen LogP contribution is -2.30. The van der Waals surface area contributed by atoms with Crippen LogP contribution in [-0.2, 0) is 0 Å². The number of benzene rings is 1. The summed E-state index contributed by atoms with van der Waals surface area (Å²) >= 11 is 1.89. The first-order chi connectivity index (χ1) is 8.04. The van der Waals surface area contributed by atoms with Gasteiger partial charge in [0.05, 0.1) is 0 Å². The van der Waals surface area contributed by atoms with Crippen LogP contribution in [0.4, 0.5) is 0 Å². The molecule has 0 fully saturated rings. The average molecular weight is 255 g/mol. The van der Waals surface area contributed by atoms with Crippen molar-refractivity contribution in [2.75, 3.05) is 11.5 Å². The fraction of sp³-hybridized carbons (Fsp3) is 0.538. The Hall–Kier alpha value is -0.870. The monoisotopic (exact) mass is 255 g/mol. The number of thioether (sulfide) groups is 1. The molecule has 1 rings (SSSR count). The van der Waals surface area contributed by atoms with Crippen LogP contribution in [0.25, 0.3) is 0 Å². The zero-order valence-corrected chi connectivity index (χ0v) is 11.4. The number of nitrogens with one attached hydrogen (secondary N) is 1. The van der Waals surface area contributed by atoms with Crippen molar-refractivity contribution in [3.05, 3.63) is 23.8 Å². The van der Waals surface area contributed by atoms with Crippen LogP contribution in [0.5, 0.6) is 11.5 Å². The SMILES string of the molecule is CCSCC(C)NC(C)c1cc(O)ccc1O. The molecular formula is C13H21NO2S. The fourth-order valence-electron chi connectivity index (χ4n) is 1.75. The van der Waals surface area contributed by atoms with E-state index < -0.39 is 0 Å². The molecule has 1 aromatic rings. The number of phenolic OH excluding ortho intramolecular Hbond substituents is 2. The lowest BCUT2D eigenvalue weighted by molar-refractivity contribution is 0.433. The van der Waals surface area contributed by atoms with Gasteiger partial charge in [0, 0.05) is 23.4 Å². The van der Waals surface area contributed by atoms with Crippen molar-refractivity contribution in [3.8, 4) is 11.5 Å². The molecule has 0 bridgehead atoms. The maximum Gasteiger partial charge on any atom is 0.120 e. The van der Waals surface area contributed by atoms with Crippen LogP contribution in [0.1, 0.15) is 32.4 Å². The van der Waals surface area contributed by atoms with Gasteiger partial charge in [0.1, 0.15) is 11.5 Å². The molecule has 1 aromatic carbocycles. The zero-order chi connectivity index (χ0) is 12.8. The Morgan fingerprint density at radius 3 is 2.65 bits per heavy atom. The van der Waals surface area contributed by atoms with E-state index in [9.17, 15) is 10.2 Å². The van der Waals surface area contributed by atoms with Crippen LogP contribution in [-0.4, -0.2) is 27.8 Å². The summed E-state index contributed by atoms with van der Waals surface area (Å²) in [5.41, 5.74) is 0.735. The molecule has 0 aromatic heterocycles. The van der Waals surface area contributed by atoms with Gasteiger partial charge in [0.25, 0.3) is 0 Å². The van der Waals surface area contributed by atoms with Crippen LogP contribution >= 0.6 is 11.8 Å². The van der Waals surface area contributed by atoms with Gasteiger partial charge in [-0.15, -0.1) is 0 Å². The van der Waals surface area contributed by atoms with Crippen LogP contribution in [0.3, 0.4) is 0 Å². The van der Waals surface area contributed by atoms with Gasteiger partial charge in [-0.2, -0.15) is 11.8 Å². The molecule has 0 aliphatic carbocycles. The summed E-state index contributed by atoms with van der Waals surface area (Å²) in [7, 11) is 0. The third-order valence-electron chi connectivity index (χ3n) is 2.58. The predicted octanol–water partition coefficient (Wildman–Crippen LogP) is 2.89. The smallest absolute Gasteiger partial charge is 0.120 e. The van der Waals surface area contributed by atoms with Crippen LogP contribution in [0.2, 0.25) is 0 Å². The molecule has 17 heavy (non-hydrogen) atoms. The maximum atomic E-state index is 9.74. The lowest BCUT2D eigenvalue weighted by atomic mass is 10.1. The summed E-state index contributed by atoms with van der Waals surface area (Å²) < 4.78 is 0. The highest BCUT2D eigenvalue weighted by Gasteiger charge is 2.13. The molecule has 3 N–H and O–H groups in total. The number of rotatable bonds is 6. The minimum absolute atomic E-state index is 0.0227. The highest BCUT2D eigenvalue weighted by Crippen LogP contribution is 2.28. The van der Waals surface area contributed by atoms with E-state index in [2.05, 4.69) is 19.2 Å². The van der Waals surface area contributed by atoms with Gasteiger partial charge in [-0.1, -0.05) is 6.92 Å². The standard InChI is InChI=1S/C13H21NO2S/c1-4-17-8-9(2)14-10(3)12-7-11(15)5-6-13(12)16/h5-7,9-10,14-16H,4,8H2,1-3H3. The van der Waals surface area contributed by atoms with E-state index in [1.807, 2.05) is 18.7 Å². The Morgan fingerprint density at radius 2 is 2.00 bits per heavy atom. The molecular weight excluding hydrogens is 234 g/mol. The Morgan fingerprint density at radius 1 is 1.29 bits per heavy atom. The Kier molecular flexibility index (Phi) is 5.65. The molecule has 2 unspecified atom stereocenters. The molecule has 96 valence electrons. The second-order valence-electron chi connectivity index (χ2n) is 4.19. The Bertz CT molecular complexity index is 357. The van der Waals surface area contributed by atoms with Gasteiger partial charge in [-0.05, 0) is 37.8 Å². The summed E-state index contributed by atoms with van der Waals surface area (Å²) in [4.78, 5) is 0. The Balaban J connectivity index is 2.62. The molecule has 4 heteroatoms. The number of phenols is 2. The van der Waals surface area contributed by atoms with E-state index >= 15 is 0 Å². The lowest BCUT2D eigenvalue weighted by Gasteiger charge is -2.20. The van der Waals surface area contributed by atoms with Gasteiger partial charge in [0.15, 0.2) is 0 Å². The zero-order valence-electron chi connectivity index (χ0n) is 10.6. The first-order valence-electron chi connectivity index (χ1n) is 5.90. The maximum absolute atomic E-state index is 9.74. The molecule has 0 aliphatic heterocycles. The van der Waals surface area contributed by atoms with E-state index in [1.54, 1.807) is 6.07 Å². The van der Waals surface area contributed by atoms with E-state index in [0.717, 1.165) is 17.1 Å². The van der Waals surface area contributed by atoms with Crippen LogP contribution < -0.4 is 5.32 Å². The third kappa shape index (κ3) is 4.48. The van der Waals surface area contributed by atoms with Crippen molar-refractivity contribution in [2.45, 2.75) is 32.9 Å². The number of aromatic hydroxyl groups is 2. The van der Waals surface area contributed by atoms with Crippen molar-refractivity contribution < 1.29 is 10.2 Å². The summed E-state index contributed by atoms with van der Waals surface area (Å²) in [6.07, 6.45) is 0.